The summed E-state index contributed by atoms with van der Waals surface area (Å²) in [4.78, 5) is 34.0. The van der Waals surface area contributed by atoms with Gasteiger partial charge in [0.2, 0.25) is 5.91 Å². The Morgan fingerprint density at radius 1 is 1.15 bits per heavy atom. The summed E-state index contributed by atoms with van der Waals surface area (Å²) in [5, 5.41) is 8.11. The van der Waals surface area contributed by atoms with E-state index in [2.05, 4.69) is 34.2 Å². The molecule has 2 N–H and O–H groups in total. The molecule has 4 rings (SSSR count). The van der Waals surface area contributed by atoms with E-state index in [-0.39, 0.29) is 18.5 Å². The third kappa shape index (κ3) is 4.52. The van der Waals surface area contributed by atoms with Crippen molar-refractivity contribution >= 4 is 27.7 Å². The number of hydrogen-bond donors (Lipinski definition) is 2. The minimum atomic E-state index is -0.428. The number of ether oxygens (including phenoxy) is 2. The molecule has 0 aliphatic carbocycles. The largest absolute Gasteiger partial charge is 0.493 e. The van der Waals surface area contributed by atoms with Gasteiger partial charge in [-0.25, -0.2) is 9.67 Å². The molecule has 0 unspecified atom stereocenters. The van der Waals surface area contributed by atoms with Crippen molar-refractivity contribution in [3.63, 3.8) is 0 Å². The Labute approximate surface area is 190 Å². The molecule has 4 aromatic rings. The molecule has 172 valence electrons. The van der Waals surface area contributed by atoms with Gasteiger partial charge in [0, 0.05) is 5.39 Å². The van der Waals surface area contributed by atoms with Crippen LogP contribution in [0.25, 0.3) is 21.8 Å². The normalized spacial score (nSPS) is 12.3. The molecule has 2 aromatic carbocycles. The lowest BCUT2D eigenvalue weighted by Gasteiger charge is -2.19. The molecule has 0 fully saturated rings. The maximum Gasteiger partial charge on any atom is 0.279 e. The van der Waals surface area contributed by atoms with Crippen LogP contribution in [0.1, 0.15) is 32.1 Å². The summed E-state index contributed by atoms with van der Waals surface area (Å²) in [5.41, 5.74) is 1.32. The average molecular weight is 450 g/mol. The Kier molecular flexibility index (Phi) is 6.30. The van der Waals surface area contributed by atoms with Crippen molar-refractivity contribution in [2.24, 2.45) is 5.92 Å². The number of amides is 1. The van der Waals surface area contributed by atoms with Gasteiger partial charge < -0.3 is 19.8 Å². The highest BCUT2D eigenvalue weighted by molar-refractivity contribution is 5.89. The number of hydrogen-bond acceptors (Lipinski definition) is 6. The van der Waals surface area contributed by atoms with Crippen molar-refractivity contribution in [1.82, 2.24) is 25.1 Å². The molecular weight excluding hydrogens is 422 g/mol. The fourth-order valence-electron chi connectivity index (χ4n) is 3.92. The number of H-pyrrole nitrogens is 1. The molecule has 2 aromatic heterocycles. The van der Waals surface area contributed by atoms with Crippen LogP contribution in [0, 0.1) is 5.92 Å². The van der Waals surface area contributed by atoms with Crippen LogP contribution in [0.5, 0.6) is 11.5 Å². The van der Waals surface area contributed by atoms with Gasteiger partial charge in [0.25, 0.3) is 5.56 Å². The Morgan fingerprint density at radius 3 is 2.64 bits per heavy atom. The van der Waals surface area contributed by atoms with Crippen molar-refractivity contribution in [2.75, 3.05) is 14.2 Å². The van der Waals surface area contributed by atoms with Crippen LogP contribution in [0.2, 0.25) is 0 Å². The van der Waals surface area contributed by atoms with E-state index in [1.54, 1.807) is 12.1 Å². The van der Waals surface area contributed by atoms with Gasteiger partial charge >= 0.3 is 0 Å². The maximum absolute atomic E-state index is 13.1. The zero-order chi connectivity index (χ0) is 23.5. The zero-order valence-electron chi connectivity index (χ0n) is 19.1. The van der Waals surface area contributed by atoms with Crippen molar-refractivity contribution in [3.8, 4) is 11.5 Å². The predicted octanol–water partition coefficient (Wildman–Crippen LogP) is 3.19. The lowest BCUT2D eigenvalue weighted by molar-refractivity contribution is -0.122. The monoisotopic (exact) mass is 449 g/mol. The molecule has 1 atom stereocenters. The number of carbonyl (C=O) groups is 1. The Bertz CT molecular complexity index is 1330. The van der Waals surface area contributed by atoms with Crippen molar-refractivity contribution in [2.45, 2.75) is 32.9 Å². The highest BCUT2D eigenvalue weighted by atomic mass is 16.5. The summed E-state index contributed by atoms with van der Waals surface area (Å²) in [7, 11) is 2.97. The number of benzene rings is 2. The summed E-state index contributed by atoms with van der Waals surface area (Å²) >= 11 is 0. The summed E-state index contributed by atoms with van der Waals surface area (Å²) < 4.78 is 11.8. The van der Waals surface area contributed by atoms with Crippen LogP contribution in [0.15, 0.2) is 47.4 Å². The van der Waals surface area contributed by atoms with E-state index >= 15 is 0 Å². The first kappa shape index (κ1) is 22.3. The number of aromatic amines is 1. The van der Waals surface area contributed by atoms with E-state index in [4.69, 9.17) is 9.47 Å². The molecule has 9 nitrogen and oxygen atoms in total. The lowest BCUT2D eigenvalue weighted by Crippen LogP contribution is -2.36. The number of aromatic nitrogens is 4. The van der Waals surface area contributed by atoms with Gasteiger partial charge in [-0.1, -0.05) is 26.0 Å². The second kappa shape index (κ2) is 9.32. The van der Waals surface area contributed by atoms with Gasteiger partial charge in [-0.15, -0.1) is 0 Å². The number of carbonyl (C=O) groups excluding carboxylic acids is 1. The smallest absolute Gasteiger partial charge is 0.279 e. The SMILES string of the molecule is COc1ccc2cnn(CC(=O)N[C@@H](CC(C)C)c3nc4ccccc4[nH]3)c(=O)c2c1OC. The van der Waals surface area contributed by atoms with Crippen molar-refractivity contribution in [1.29, 1.82) is 0 Å². The number of rotatable bonds is 8. The molecule has 0 aliphatic rings. The summed E-state index contributed by atoms with van der Waals surface area (Å²) in [6.07, 6.45) is 2.23. The number of imidazole rings is 1. The Morgan fingerprint density at radius 2 is 1.94 bits per heavy atom. The third-order valence-electron chi connectivity index (χ3n) is 5.44. The van der Waals surface area contributed by atoms with Gasteiger partial charge in [-0.3, -0.25) is 9.59 Å². The predicted molar refractivity (Wildman–Crippen MR) is 126 cm³/mol. The van der Waals surface area contributed by atoms with E-state index in [0.29, 0.717) is 40.4 Å². The molecule has 1 amide bonds. The standard InChI is InChI=1S/C24H27N5O4/c1-14(2)11-18(23-27-16-7-5-6-8-17(16)28-23)26-20(30)13-29-24(31)21-15(12-25-29)9-10-19(32-3)22(21)33-4/h5-10,12,14,18H,11,13H2,1-4H3,(H,26,30)(H,27,28)/t18-/m0/s1. The number of methoxy groups -OCH3 is 2. The molecule has 0 aliphatic heterocycles. The van der Waals surface area contributed by atoms with Crippen LogP contribution in [0.4, 0.5) is 0 Å². The molecule has 0 spiro atoms. The summed E-state index contributed by atoms with van der Waals surface area (Å²) in [5.74, 6) is 1.42. The zero-order valence-corrected chi connectivity index (χ0v) is 19.1. The molecule has 0 bridgehead atoms. The fraction of sp³-hybridized carbons (Fsp3) is 0.333. The van der Waals surface area contributed by atoms with Crippen LogP contribution in [-0.4, -0.2) is 39.9 Å². The first-order chi connectivity index (χ1) is 15.9. The average Bonchev–Trinajstić information content (AvgIpc) is 3.23. The Balaban J connectivity index is 1.62. The van der Waals surface area contributed by atoms with E-state index in [9.17, 15) is 9.59 Å². The fourth-order valence-corrected chi connectivity index (χ4v) is 3.92. The van der Waals surface area contributed by atoms with Gasteiger partial charge in [-0.05, 0) is 36.6 Å². The molecular formula is C24H27N5O4. The molecule has 0 saturated carbocycles. The number of fused-ring (bicyclic) bond motifs is 2. The lowest BCUT2D eigenvalue weighted by atomic mass is 10.0. The second-order valence-corrected chi connectivity index (χ2v) is 8.26. The number of nitrogens with zero attached hydrogens (tertiary/aromatic N) is 3. The van der Waals surface area contributed by atoms with Crippen LogP contribution < -0.4 is 20.3 Å². The second-order valence-electron chi connectivity index (χ2n) is 8.26. The van der Waals surface area contributed by atoms with Crippen LogP contribution >= 0.6 is 0 Å². The van der Waals surface area contributed by atoms with Gasteiger partial charge in [-0.2, -0.15) is 5.10 Å². The number of nitrogens with one attached hydrogen (secondary N) is 2. The Hall–Kier alpha value is -3.88. The van der Waals surface area contributed by atoms with Crippen LogP contribution in [0.3, 0.4) is 0 Å². The van der Waals surface area contributed by atoms with E-state index in [0.717, 1.165) is 15.7 Å². The molecule has 2 heterocycles. The van der Waals surface area contributed by atoms with Crippen molar-refractivity contribution < 1.29 is 14.3 Å². The minimum Gasteiger partial charge on any atom is -0.493 e. The highest BCUT2D eigenvalue weighted by Crippen LogP contribution is 2.32. The summed E-state index contributed by atoms with van der Waals surface area (Å²) in [6, 6.07) is 10.8. The molecule has 0 radical (unpaired) electrons. The highest BCUT2D eigenvalue weighted by Gasteiger charge is 2.21. The van der Waals surface area contributed by atoms with Crippen LogP contribution in [-0.2, 0) is 11.3 Å². The van der Waals surface area contributed by atoms with E-state index < -0.39 is 5.56 Å². The summed E-state index contributed by atoms with van der Waals surface area (Å²) in [6.45, 7) is 3.93. The topological polar surface area (TPSA) is 111 Å². The van der Waals surface area contributed by atoms with Gasteiger partial charge in [0.05, 0.1) is 42.9 Å². The van der Waals surface area contributed by atoms with Gasteiger partial charge in [0.15, 0.2) is 11.5 Å². The minimum absolute atomic E-state index is 0.232. The quantitative estimate of drug-likeness (QED) is 0.427. The molecule has 33 heavy (non-hydrogen) atoms. The van der Waals surface area contributed by atoms with E-state index in [1.165, 1.54) is 20.4 Å². The first-order valence-electron chi connectivity index (χ1n) is 10.8. The maximum atomic E-state index is 13.1. The molecule has 0 saturated heterocycles. The first-order valence-corrected chi connectivity index (χ1v) is 10.8. The van der Waals surface area contributed by atoms with Crippen molar-refractivity contribution in [3.05, 3.63) is 58.8 Å². The third-order valence-corrected chi connectivity index (χ3v) is 5.44. The number of para-hydroxylation sites is 2. The molecule has 9 heteroatoms. The van der Waals surface area contributed by atoms with E-state index in [1.807, 2.05) is 24.3 Å². The van der Waals surface area contributed by atoms with Gasteiger partial charge in [0.1, 0.15) is 12.4 Å².